The normalized spacial score (nSPS) is 25.8. The molecule has 1 fully saturated rings. The van der Waals surface area contributed by atoms with Gasteiger partial charge in [-0.3, -0.25) is 0 Å². The topological polar surface area (TPSA) is 29.5 Å². The molecule has 0 aliphatic carbocycles. The first-order chi connectivity index (χ1) is 6.34. The van der Waals surface area contributed by atoms with Crippen molar-refractivity contribution in [2.75, 3.05) is 18.1 Å². The van der Waals surface area contributed by atoms with E-state index in [0.29, 0.717) is 0 Å². The van der Waals surface area contributed by atoms with Crippen LogP contribution >= 0.6 is 11.8 Å². The molecule has 0 amide bonds. The van der Waals surface area contributed by atoms with Gasteiger partial charge in [0.15, 0.2) is 0 Å². The van der Waals surface area contributed by atoms with Gasteiger partial charge >= 0.3 is 0 Å². The highest BCUT2D eigenvalue weighted by atomic mass is 32.2. The third-order valence-electron chi connectivity index (χ3n) is 2.37. The Morgan fingerprint density at radius 3 is 3.00 bits per heavy atom. The van der Waals surface area contributed by atoms with E-state index < -0.39 is 0 Å². The van der Waals surface area contributed by atoms with Gasteiger partial charge in [-0.15, -0.1) is 0 Å². The van der Waals surface area contributed by atoms with Crippen LogP contribution in [0.15, 0.2) is 0 Å². The van der Waals surface area contributed by atoms with E-state index in [1.165, 1.54) is 12.8 Å². The molecule has 0 bridgehead atoms. The zero-order chi connectivity index (χ0) is 9.52. The molecule has 1 N–H and O–H groups in total. The van der Waals surface area contributed by atoms with Gasteiger partial charge in [-0.05, 0) is 6.42 Å². The molecule has 1 heterocycles. The van der Waals surface area contributed by atoms with Gasteiger partial charge in [0.2, 0.25) is 0 Å². The van der Waals surface area contributed by atoms with Crippen molar-refractivity contribution in [3.05, 3.63) is 0 Å². The summed E-state index contributed by atoms with van der Waals surface area (Å²) < 4.78 is 5.50. The molecule has 0 radical (unpaired) electrons. The van der Waals surface area contributed by atoms with Crippen LogP contribution in [0.5, 0.6) is 0 Å². The third kappa shape index (κ3) is 4.34. The first-order valence-corrected chi connectivity index (χ1v) is 6.37. The largest absolute Gasteiger partial charge is 0.390 e. The second kappa shape index (κ2) is 6.68. The maximum atomic E-state index is 9.76. The Morgan fingerprint density at radius 2 is 2.38 bits per heavy atom. The van der Waals surface area contributed by atoms with Crippen LogP contribution in [-0.4, -0.2) is 35.4 Å². The summed E-state index contributed by atoms with van der Waals surface area (Å²) in [6.07, 6.45) is 4.32. The van der Waals surface area contributed by atoms with Gasteiger partial charge in [-0.1, -0.05) is 26.2 Å². The molecule has 1 aliphatic rings. The molecule has 0 aromatic carbocycles. The fraction of sp³-hybridized carbons (Fsp3) is 1.00. The first kappa shape index (κ1) is 11.3. The van der Waals surface area contributed by atoms with Crippen molar-refractivity contribution < 1.29 is 9.84 Å². The summed E-state index contributed by atoms with van der Waals surface area (Å²) in [6.45, 7) is 2.99. The molecule has 1 saturated heterocycles. The molecule has 13 heavy (non-hydrogen) atoms. The summed E-state index contributed by atoms with van der Waals surface area (Å²) in [4.78, 5) is 0. The Kier molecular flexibility index (Phi) is 5.83. The molecule has 1 rings (SSSR count). The van der Waals surface area contributed by atoms with Crippen molar-refractivity contribution in [3.8, 4) is 0 Å². The highest BCUT2D eigenvalue weighted by Crippen LogP contribution is 2.18. The number of hydrogen-bond donors (Lipinski definition) is 1. The van der Waals surface area contributed by atoms with E-state index in [-0.39, 0.29) is 12.2 Å². The summed E-state index contributed by atoms with van der Waals surface area (Å²) in [7, 11) is 0. The fourth-order valence-electron chi connectivity index (χ4n) is 1.52. The molecule has 0 aromatic heterocycles. The predicted molar refractivity (Wildman–Crippen MR) is 57.2 cm³/mol. The van der Waals surface area contributed by atoms with Crippen molar-refractivity contribution in [3.63, 3.8) is 0 Å². The molecule has 0 aromatic rings. The number of aliphatic hydroxyl groups is 1. The highest BCUT2D eigenvalue weighted by Gasteiger charge is 2.21. The lowest BCUT2D eigenvalue weighted by molar-refractivity contribution is -0.0255. The fourth-order valence-corrected chi connectivity index (χ4v) is 2.45. The second-order valence-corrected chi connectivity index (χ2v) is 4.70. The van der Waals surface area contributed by atoms with Crippen molar-refractivity contribution in [1.29, 1.82) is 0 Å². The van der Waals surface area contributed by atoms with E-state index in [0.717, 1.165) is 31.0 Å². The van der Waals surface area contributed by atoms with E-state index in [1.807, 2.05) is 11.8 Å². The lowest BCUT2D eigenvalue weighted by Crippen LogP contribution is -2.35. The molecular weight excluding hydrogens is 184 g/mol. The van der Waals surface area contributed by atoms with E-state index in [2.05, 4.69) is 6.92 Å². The van der Waals surface area contributed by atoms with Gasteiger partial charge in [0.25, 0.3) is 0 Å². The van der Waals surface area contributed by atoms with E-state index in [9.17, 15) is 5.11 Å². The Hall–Kier alpha value is 0.270. The van der Waals surface area contributed by atoms with Crippen molar-refractivity contribution in [1.82, 2.24) is 0 Å². The molecule has 0 spiro atoms. The third-order valence-corrected chi connectivity index (χ3v) is 3.39. The van der Waals surface area contributed by atoms with Crippen LogP contribution in [0.1, 0.15) is 32.6 Å². The van der Waals surface area contributed by atoms with Crippen molar-refractivity contribution in [2.24, 2.45) is 0 Å². The number of ether oxygens (including phenoxy) is 1. The average molecular weight is 204 g/mol. The lowest BCUT2D eigenvalue weighted by Gasteiger charge is -2.26. The number of aliphatic hydroxyl groups excluding tert-OH is 1. The maximum absolute atomic E-state index is 9.76. The van der Waals surface area contributed by atoms with Crippen LogP contribution in [-0.2, 0) is 4.74 Å². The highest BCUT2D eigenvalue weighted by molar-refractivity contribution is 7.99. The summed E-state index contributed by atoms with van der Waals surface area (Å²) in [5.41, 5.74) is 0. The van der Waals surface area contributed by atoms with Gasteiger partial charge in [0.1, 0.15) is 0 Å². The minimum absolute atomic E-state index is 0.0932. The van der Waals surface area contributed by atoms with Gasteiger partial charge in [0.05, 0.1) is 18.8 Å². The number of hydrogen-bond acceptors (Lipinski definition) is 3. The molecule has 0 saturated carbocycles. The van der Waals surface area contributed by atoms with Gasteiger partial charge in [0, 0.05) is 11.5 Å². The number of unbranched alkanes of at least 4 members (excludes halogenated alkanes) is 2. The molecule has 1 aliphatic heterocycles. The second-order valence-electron chi connectivity index (χ2n) is 3.55. The number of thioether (sulfide) groups is 1. The Morgan fingerprint density at radius 1 is 1.54 bits per heavy atom. The maximum Gasteiger partial charge on any atom is 0.0924 e. The van der Waals surface area contributed by atoms with Gasteiger partial charge in [-0.2, -0.15) is 11.8 Å². The summed E-state index contributed by atoms with van der Waals surface area (Å²) in [5, 5.41) is 9.76. The van der Waals surface area contributed by atoms with Gasteiger partial charge < -0.3 is 9.84 Å². The summed E-state index contributed by atoms with van der Waals surface area (Å²) in [6, 6.07) is 0. The average Bonchev–Trinajstić information content (AvgIpc) is 2.19. The predicted octanol–water partition coefficient (Wildman–Crippen LogP) is 2.06. The standard InChI is InChI=1S/C10H20O2S/c1-2-3-4-5-9(11)10-8-13-7-6-12-10/h9-11H,2-8H2,1H3. The van der Waals surface area contributed by atoms with Crippen LogP contribution in [0.2, 0.25) is 0 Å². The summed E-state index contributed by atoms with van der Waals surface area (Å²) >= 11 is 1.89. The lowest BCUT2D eigenvalue weighted by atomic mass is 10.1. The summed E-state index contributed by atoms with van der Waals surface area (Å²) in [5.74, 6) is 2.05. The minimum Gasteiger partial charge on any atom is -0.390 e. The SMILES string of the molecule is CCCCCC(O)C1CSCCO1. The molecule has 3 heteroatoms. The Labute approximate surface area is 85.0 Å². The van der Waals surface area contributed by atoms with E-state index in [1.54, 1.807) is 0 Å². The van der Waals surface area contributed by atoms with Crippen LogP contribution in [0.4, 0.5) is 0 Å². The first-order valence-electron chi connectivity index (χ1n) is 5.22. The zero-order valence-electron chi connectivity index (χ0n) is 8.37. The van der Waals surface area contributed by atoms with Crippen LogP contribution in [0.3, 0.4) is 0 Å². The quantitative estimate of drug-likeness (QED) is 0.695. The molecule has 2 unspecified atom stereocenters. The monoisotopic (exact) mass is 204 g/mol. The minimum atomic E-state index is -0.237. The molecule has 78 valence electrons. The van der Waals surface area contributed by atoms with Crippen LogP contribution in [0, 0.1) is 0 Å². The zero-order valence-corrected chi connectivity index (χ0v) is 9.18. The number of rotatable bonds is 5. The van der Waals surface area contributed by atoms with Crippen LogP contribution in [0.25, 0.3) is 0 Å². The molecule has 2 nitrogen and oxygen atoms in total. The van der Waals surface area contributed by atoms with E-state index in [4.69, 9.17) is 4.74 Å². The Balaban J connectivity index is 2.09. The Bertz CT molecular complexity index is 124. The van der Waals surface area contributed by atoms with Crippen molar-refractivity contribution >= 4 is 11.8 Å². The van der Waals surface area contributed by atoms with Crippen LogP contribution < -0.4 is 0 Å². The van der Waals surface area contributed by atoms with Gasteiger partial charge in [-0.25, -0.2) is 0 Å². The molecular formula is C10H20O2S. The smallest absolute Gasteiger partial charge is 0.0924 e. The van der Waals surface area contributed by atoms with Crippen molar-refractivity contribution in [2.45, 2.75) is 44.8 Å². The molecule has 2 atom stereocenters. The van der Waals surface area contributed by atoms with E-state index >= 15 is 0 Å².